The number of carbonyl (C=O) groups is 3. The summed E-state index contributed by atoms with van der Waals surface area (Å²) in [6.45, 7) is 0. The molecule has 2 fully saturated rings. The molecule has 23 heavy (non-hydrogen) atoms. The van der Waals surface area contributed by atoms with Crippen molar-refractivity contribution in [3.63, 3.8) is 0 Å². The van der Waals surface area contributed by atoms with Crippen LogP contribution in [0.3, 0.4) is 0 Å². The van der Waals surface area contributed by atoms with Gasteiger partial charge in [0.1, 0.15) is 5.92 Å². The molecular weight excluding hydrogens is 296 g/mol. The molecule has 0 amide bonds. The number of hydrogen-bond donors (Lipinski definition) is 0. The van der Waals surface area contributed by atoms with E-state index in [-0.39, 0.29) is 42.0 Å². The normalized spacial score (nSPS) is 24.4. The zero-order chi connectivity index (χ0) is 16.6. The summed E-state index contributed by atoms with van der Waals surface area (Å²) in [6, 6.07) is 5.41. The molecule has 2 aliphatic rings. The average molecular weight is 316 g/mol. The third-order valence-electron chi connectivity index (χ3n) is 4.68. The van der Waals surface area contributed by atoms with Crippen LogP contribution in [0.15, 0.2) is 18.2 Å². The van der Waals surface area contributed by atoms with Gasteiger partial charge in [-0.05, 0) is 36.5 Å². The van der Waals surface area contributed by atoms with Gasteiger partial charge in [0.2, 0.25) is 0 Å². The van der Waals surface area contributed by atoms with Crippen molar-refractivity contribution in [2.24, 2.45) is 11.8 Å². The van der Waals surface area contributed by atoms with Gasteiger partial charge in [-0.2, -0.15) is 0 Å². The Labute approximate surface area is 135 Å². The van der Waals surface area contributed by atoms with E-state index in [2.05, 4.69) is 0 Å². The Morgan fingerprint density at radius 2 is 1.61 bits per heavy atom. The van der Waals surface area contributed by atoms with Gasteiger partial charge >= 0.3 is 0 Å². The molecule has 3 rings (SSSR count). The number of carbonyl (C=O) groups excluding carboxylic acids is 3. The quantitative estimate of drug-likeness (QED) is 0.780. The van der Waals surface area contributed by atoms with Crippen LogP contribution in [0.2, 0.25) is 0 Å². The predicted molar refractivity (Wildman–Crippen MR) is 82.8 cm³/mol. The Kier molecular flexibility index (Phi) is 4.20. The van der Waals surface area contributed by atoms with Crippen LogP contribution in [0.25, 0.3) is 0 Å². The maximum atomic E-state index is 12.3. The maximum Gasteiger partial charge on any atom is 0.160 e. The zero-order valence-electron chi connectivity index (χ0n) is 13.3. The highest BCUT2D eigenvalue weighted by Gasteiger charge is 2.45. The van der Waals surface area contributed by atoms with Gasteiger partial charge in [0.05, 0.1) is 14.2 Å². The molecule has 5 heteroatoms. The first-order chi connectivity index (χ1) is 11.0. The van der Waals surface area contributed by atoms with Gasteiger partial charge in [0, 0.05) is 18.8 Å². The van der Waals surface area contributed by atoms with Crippen molar-refractivity contribution < 1.29 is 23.9 Å². The Balaban J connectivity index is 1.79. The fourth-order valence-electron chi connectivity index (χ4n) is 3.24. The smallest absolute Gasteiger partial charge is 0.160 e. The van der Waals surface area contributed by atoms with Crippen molar-refractivity contribution in [3.8, 4) is 11.5 Å². The minimum Gasteiger partial charge on any atom is -0.493 e. The highest BCUT2D eigenvalue weighted by Crippen LogP contribution is 2.40. The summed E-state index contributed by atoms with van der Waals surface area (Å²) in [7, 11) is 3.10. The highest BCUT2D eigenvalue weighted by molar-refractivity contribution is 6.21. The van der Waals surface area contributed by atoms with Crippen LogP contribution < -0.4 is 9.47 Å². The molecular formula is C18H20O5. The maximum absolute atomic E-state index is 12.3. The van der Waals surface area contributed by atoms with E-state index in [1.807, 2.05) is 6.07 Å². The van der Waals surface area contributed by atoms with Crippen molar-refractivity contribution in [2.75, 3.05) is 14.2 Å². The zero-order valence-corrected chi connectivity index (χ0v) is 13.3. The molecule has 0 radical (unpaired) electrons. The fourth-order valence-corrected chi connectivity index (χ4v) is 3.24. The van der Waals surface area contributed by atoms with E-state index >= 15 is 0 Å². The first-order valence-electron chi connectivity index (χ1n) is 7.86. The number of methoxy groups -OCH3 is 2. The van der Waals surface area contributed by atoms with Crippen LogP contribution >= 0.6 is 0 Å². The Morgan fingerprint density at radius 1 is 1.00 bits per heavy atom. The summed E-state index contributed by atoms with van der Waals surface area (Å²) in [4.78, 5) is 36.8. The van der Waals surface area contributed by atoms with Crippen LogP contribution in [-0.2, 0) is 14.4 Å². The van der Waals surface area contributed by atoms with Gasteiger partial charge in [-0.1, -0.05) is 6.07 Å². The van der Waals surface area contributed by atoms with Gasteiger partial charge in [0.15, 0.2) is 28.8 Å². The van der Waals surface area contributed by atoms with E-state index < -0.39 is 5.92 Å². The van der Waals surface area contributed by atoms with Gasteiger partial charge in [-0.15, -0.1) is 0 Å². The van der Waals surface area contributed by atoms with Crippen molar-refractivity contribution >= 4 is 17.3 Å². The van der Waals surface area contributed by atoms with E-state index in [4.69, 9.17) is 9.47 Å². The van der Waals surface area contributed by atoms with Crippen LogP contribution in [0.1, 0.15) is 37.2 Å². The molecule has 2 aliphatic carbocycles. The predicted octanol–water partition coefficient (Wildman–Crippen LogP) is 2.31. The first kappa shape index (κ1) is 15.7. The van der Waals surface area contributed by atoms with Crippen molar-refractivity contribution in [3.05, 3.63) is 23.8 Å². The lowest BCUT2D eigenvalue weighted by atomic mass is 9.74. The molecule has 0 spiro atoms. The van der Waals surface area contributed by atoms with Crippen molar-refractivity contribution in [1.29, 1.82) is 0 Å². The second kappa shape index (κ2) is 6.14. The van der Waals surface area contributed by atoms with Gasteiger partial charge in [-0.3, -0.25) is 14.4 Å². The van der Waals surface area contributed by atoms with Crippen molar-refractivity contribution in [2.45, 2.75) is 31.6 Å². The molecule has 0 atom stereocenters. The first-order valence-corrected chi connectivity index (χ1v) is 7.86. The second-order valence-corrected chi connectivity index (χ2v) is 6.26. The SMILES string of the molecule is COc1ccc(C2CC(=O)C(C(=O)C3CC3)C(=O)C2)cc1OC. The van der Waals surface area contributed by atoms with E-state index in [1.54, 1.807) is 26.4 Å². The largest absolute Gasteiger partial charge is 0.493 e. The lowest BCUT2D eigenvalue weighted by Gasteiger charge is -2.26. The van der Waals surface area contributed by atoms with Gasteiger partial charge in [-0.25, -0.2) is 0 Å². The molecule has 0 aromatic heterocycles. The van der Waals surface area contributed by atoms with E-state index in [0.29, 0.717) is 11.5 Å². The minimum atomic E-state index is -1.01. The van der Waals surface area contributed by atoms with Gasteiger partial charge in [0.25, 0.3) is 0 Å². The summed E-state index contributed by atoms with van der Waals surface area (Å²) in [5.41, 5.74) is 0.863. The molecule has 0 aliphatic heterocycles. The summed E-state index contributed by atoms with van der Waals surface area (Å²) < 4.78 is 10.5. The average Bonchev–Trinajstić information content (AvgIpc) is 3.38. The van der Waals surface area contributed by atoms with E-state index in [1.165, 1.54) is 0 Å². The Hall–Kier alpha value is -2.17. The molecule has 0 N–H and O–H groups in total. The second-order valence-electron chi connectivity index (χ2n) is 6.26. The van der Waals surface area contributed by atoms with Crippen LogP contribution in [0.5, 0.6) is 11.5 Å². The highest BCUT2D eigenvalue weighted by atomic mass is 16.5. The number of rotatable bonds is 5. The molecule has 2 saturated carbocycles. The molecule has 1 aromatic carbocycles. The third-order valence-corrected chi connectivity index (χ3v) is 4.68. The molecule has 0 bridgehead atoms. The summed E-state index contributed by atoms with van der Waals surface area (Å²) in [6.07, 6.45) is 2.08. The molecule has 0 saturated heterocycles. The fraction of sp³-hybridized carbons (Fsp3) is 0.500. The molecule has 122 valence electrons. The van der Waals surface area contributed by atoms with E-state index in [9.17, 15) is 14.4 Å². The van der Waals surface area contributed by atoms with E-state index in [0.717, 1.165) is 18.4 Å². The number of hydrogen-bond acceptors (Lipinski definition) is 5. The van der Waals surface area contributed by atoms with Crippen molar-refractivity contribution in [1.82, 2.24) is 0 Å². The molecule has 0 unspecified atom stereocenters. The van der Waals surface area contributed by atoms with Crippen LogP contribution in [-0.4, -0.2) is 31.6 Å². The number of benzene rings is 1. The third kappa shape index (κ3) is 3.00. The minimum absolute atomic E-state index is 0.0643. The summed E-state index contributed by atoms with van der Waals surface area (Å²) in [5, 5.41) is 0. The molecule has 5 nitrogen and oxygen atoms in total. The number of Topliss-reactive ketones (excluding diaryl/α,β-unsaturated/α-hetero) is 3. The molecule has 1 aromatic rings. The monoisotopic (exact) mass is 316 g/mol. The summed E-state index contributed by atoms with van der Waals surface area (Å²) >= 11 is 0. The summed E-state index contributed by atoms with van der Waals surface area (Å²) in [5.74, 6) is -0.739. The Bertz CT molecular complexity index is 641. The Morgan fingerprint density at radius 3 is 2.13 bits per heavy atom. The number of ether oxygens (including phenoxy) is 2. The topological polar surface area (TPSA) is 69.7 Å². The van der Waals surface area contributed by atoms with Crippen LogP contribution in [0.4, 0.5) is 0 Å². The van der Waals surface area contributed by atoms with Gasteiger partial charge < -0.3 is 9.47 Å². The van der Waals surface area contributed by atoms with Crippen LogP contribution in [0, 0.1) is 11.8 Å². The lowest BCUT2D eigenvalue weighted by Crippen LogP contribution is -2.38. The standard InChI is InChI=1S/C18H20O5/c1-22-15-6-5-11(9-16(15)23-2)12-7-13(19)17(14(20)8-12)18(21)10-3-4-10/h5-6,9-10,12,17H,3-4,7-8H2,1-2H3. The molecule has 0 heterocycles. The lowest BCUT2D eigenvalue weighted by molar-refractivity contribution is -0.143. The number of ketones is 3.